The van der Waals surface area contributed by atoms with Crippen LogP contribution >= 0.6 is 11.3 Å². The van der Waals surface area contributed by atoms with Crippen LogP contribution in [0.15, 0.2) is 78.2 Å². The number of esters is 1. The minimum atomic E-state index is -0.554. The van der Waals surface area contributed by atoms with Crippen molar-refractivity contribution >= 4 is 38.8 Å². The van der Waals surface area contributed by atoms with E-state index >= 15 is 0 Å². The largest absolute Gasteiger partial charge is 0.456 e. The molecule has 4 aromatic rings. The second-order valence-electron chi connectivity index (χ2n) is 7.93. The molecule has 1 heterocycles. The first-order valence-corrected chi connectivity index (χ1v) is 10.4. The Balaban J connectivity index is 1.75. The molecule has 4 heteroatoms. The Morgan fingerprint density at radius 1 is 0.897 bits per heavy atom. The highest BCUT2D eigenvalue weighted by molar-refractivity contribution is 7.17. The van der Waals surface area contributed by atoms with Gasteiger partial charge in [0.15, 0.2) is 0 Å². The molecule has 1 aromatic heterocycles. The molecule has 0 atom stereocenters. The number of hydrogen-bond acceptors (Lipinski definition) is 4. The highest BCUT2D eigenvalue weighted by Gasteiger charge is 2.21. The molecule has 4 rings (SSSR count). The molecule has 0 saturated carbocycles. The van der Waals surface area contributed by atoms with Gasteiger partial charge >= 0.3 is 5.97 Å². The Morgan fingerprint density at radius 3 is 2.45 bits per heavy atom. The maximum atomic E-state index is 12.8. The van der Waals surface area contributed by atoms with E-state index in [0.29, 0.717) is 5.56 Å². The highest BCUT2D eigenvalue weighted by Crippen LogP contribution is 2.31. The second-order valence-corrected chi connectivity index (χ2v) is 8.87. The Hall–Kier alpha value is -3.11. The molecule has 0 radical (unpaired) electrons. The zero-order chi connectivity index (χ0) is 20.4. The van der Waals surface area contributed by atoms with Crippen LogP contribution in [0.2, 0.25) is 0 Å². The number of carbonyl (C=O) groups excluding carboxylic acids is 1. The summed E-state index contributed by atoms with van der Waals surface area (Å²) < 4.78 is 6.87. The second kappa shape index (κ2) is 7.72. The summed E-state index contributed by atoms with van der Waals surface area (Å²) >= 11 is 1.71. The molecule has 1 N–H and O–H groups in total. The van der Waals surface area contributed by atoms with Crippen molar-refractivity contribution in [3.05, 3.63) is 83.7 Å². The molecule has 0 unspecified atom stereocenters. The summed E-state index contributed by atoms with van der Waals surface area (Å²) in [6.07, 6.45) is 0. The maximum Gasteiger partial charge on any atom is 0.340 e. The summed E-state index contributed by atoms with van der Waals surface area (Å²) in [6.45, 7) is 5.63. The first-order chi connectivity index (χ1) is 13.9. The molecule has 0 amide bonds. The quantitative estimate of drug-likeness (QED) is 0.366. The summed E-state index contributed by atoms with van der Waals surface area (Å²) in [6, 6.07) is 24.3. The molecular formula is C25H23NO2S. The van der Waals surface area contributed by atoms with E-state index in [4.69, 9.17) is 4.74 Å². The summed E-state index contributed by atoms with van der Waals surface area (Å²) in [5, 5.41) is 6.69. The monoisotopic (exact) mass is 401 g/mol. The first-order valence-electron chi connectivity index (χ1n) is 9.56. The van der Waals surface area contributed by atoms with Crippen LogP contribution < -0.4 is 5.32 Å². The lowest BCUT2D eigenvalue weighted by Crippen LogP contribution is -2.24. The van der Waals surface area contributed by atoms with Gasteiger partial charge in [-0.15, -0.1) is 11.3 Å². The Kier molecular flexibility index (Phi) is 5.12. The predicted molar refractivity (Wildman–Crippen MR) is 122 cm³/mol. The van der Waals surface area contributed by atoms with Crippen LogP contribution in [0.4, 0.5) is 11.4 Å². The van der Waals surface area contributed by atoms with E-state index in [1.165, 1.54) is 10.1 Å². The lowest BCUT2D eigenvalue weighted by atomic mass is 10.0. The first kappa shape index (κ1) is 19.2. The van der Waals surface area contributed by atoms with Gasteiger partial charge in [-0.05, 0) is 79.1 Å². The fourth-order valence-corrected chi connectivity index (χ4v) is 3.94. The molecule has 3 aromatic carbocycles. The molecule has 29 heavy (non-hydrogen) atoms. The number of rotatable bonds is 4. The van der Waals surface area contributed by atoms with Gasteiger partial charge in [0.2, 0.25) is 0 Å². The summed E-state index contributed by atoms with van der Waals surface area (Å²) in [4.78, 5) is 12.8. The minimum absolute atomic E-state index is 0.337. The minimum Gasteiger partial charge on any atom is -0.456 e. The average molecular weight is 402 g/mol. The van der Waals surface area contributed by atoms with Crippen LogP contribution in [0, 0.1) is 0 Å². The zero-order valence-corrected chi connectivity index (χ0v) is 17.5. The van der Waals surface area contributed by atoms with Gasteiger partial charge in [0.05, 0.1) is 11.3 Å². The van der Waals surface area contributed by atoms with Crippen LogP contribution in [0.3, 0.4) is 0 Å². The molecule has 146 valence electrons. The predicted octanol–water partition coefficient (Wildman–Crippen LogP) is 7.27. The van der Waals surface area contributed by atoms with Crippen molar-refractivity contribution in [2.45, 2.75) is 26.4 Å². The molecule has 0 saturated heterocycles. The number of thiophene rings is 1. The zero-order valence-electron chi connectivity index (χ0n) is 16.7. The van der Waals surface area contributed by atoms with Crippen molar-refractivity contribution in [3.63, 3.8) is 0 Å². The van der Waals surface area contributed by atoms with Crippen LogP contribution in [-0.4, -0.2) is 11.6 Å². The number of benzene rings is 3. The molecule has 0 spiro atoms. The van der Waals surface area contributed by atoms with Crippen molar-refractivity contribution in [2.24, 2.45) is 0 Å². The van der Waals surface area contributed by atoms with Gasteiger partial charge < -0.3 is 10.1 Å². The summed E-state index contributed by atoms with van der Waals surface area (Å²) in [5.41, 5.74) is 3.77. The number of nitrogens with one attached hydrogen (secondary N) is 1. The molecule has 0 aliphatic heterocycles. The van der Waals surface area contributed by atoms with E-state index < -0.39 is 5.60 Å². The van der Waals surface area contributed by atoms with Gasteiger partial charge in [-0.25, -0.2) is 4.79 Å². The van der Waals surface area contributed by atoms with Gasteiger partial charge in [0.1, 0.15) is 5.60 Å². The lowest BCUT2D eigenvalue weighted by Gasteiger charge is -2.21. The Labute approximate surface area is 175 Å². The van der Waals surface area contributed by atoms with Gasteiger partial charge in [-0.1, -0.05) is 36.4 Å². The molecular weight excluding hydrogens is 378 g/mol. The highest BCUT2D eigenvalue weighted by atomic mass is 32.1. The van der Waals surface area contributed by atoms with Crippen LogP contribution in [0.25, 0.3) is 21.2 Å². The number of hydrogen-bond donors (Lipinski definition) is 1. The number of carbonyl (C=O) groups is 1. The Bertz CT molecular complexity index is 1160. The number of fused-ring (bicyclic) bond motifs is 1. The van der Waals surface area contributed by atoms with E-state index in [2.05, 4.69) is 41.0 Å². The van der Waals surface area contributed by atoms with Crippen LogP contribution in [-0.2, 0) is 4.74 Å². The van der Waals surface area contributed by atoms with Crippen molar-refractivity contribution in [1.29, 1.82) is 0 Å². The SMILES string of the molecule is CC(C)(C)OC(=O)c1ccc(-c2ccccc2)cc1Nc1ccc2sccc2c1. The third kappa shape index (κ3) is 4.49. The Morgan fingerprint density at radius 2 is 1.69 bits per heavy atom. The fraction of sp³-hybridized carbons (Fsp3) is 0.160. The molecule has 0 bridgehead atoms. The maximum absolute atomic E-state index is 12.8. The van der Waals surface area contributed by atoms with E-state index in [1.807, 2.05) is 63.2 Å². The molecule has 0 aliphatic carbocycles. The van der Waals surface area contributed by atoms with Crippen LogP contribution in [0.5, 0.6) is 0 Å². The van der Waals surface area contributed by atoms with Gasteiger partial charge in [0, 0.05) is 10.4 Å². The van der Waals surface area contributed by atoms with Crippen molar-refractivity contribution in [1.82, 2.24) is 0 Å². The van der Waals surface area contributed by atoms with Crippen molar-refractivity contribution in [3.8, 4) is 11.1 Å². The third-order valence-corrected chi connectivity index (χ3v) is 5.37. The lowest BCUT2D eigenvalue weighted by molar-refractivity contribution is 0.00708. The van der Waals surface area contributed by atoms with Crippen molar-refractivity contribution < 1.29 is 9.53 Å². The fourth-order valence-electron chi connectivity index (χ4n) is 3.17. The number of anilines is 2. The normalized spacial score (nSPS) is 11.4. The van der Waals surface area contributed by atoms with E-state index in [0.717, 1.165) is 22.5 Å². The van der Waals surface area contributed by atoms with Gasteiger partial charge in [-0.3, -0.25) is 0 Å². The molecule has 0 fully saturated rings. The average Bonchev–Trinajstić information content (AvgIpc) is 3.15. The number of ether oxygens (including phenoxy) is 1. The standard InChI is InChI=1S/C25H23NO2S/c1-25(2,3)28-24(27)21-11-9-18(17-7-5-4-6-8-17)16-22(21)26-20-10-12-23-19(15-20)13-14-29-23/h4-16,26H,1-3H3. The summed E-state index contributed by atoms with van der Waals surface area (Å²) in [7, 11) is 0. The summed E-state index contributed by atoms with van der Waals surface area (Å²) in [5.74, 6) is -0.337. The van der Waals surface area contributed by atoms with E-state index in [1.54, 1.807) is 11.3 Å². The molecule has 0 aliphatic rings. The van der Waals surface area contributed by atoms with Gasteiger partial charge in [0.25, 0.3) is 0 Å². The van der Waals surface area contributed by atoms with E-state index in [9.17, 15) is 4.79 Å². The molecule has 3 nitrogen and oxygen atoms in total. The third-order valence-electron chi connectivity index (χ3n) is 4.48. The smallest absolute Gasteiger partial charge is 0.340 e. The van der Waals surface area contributed by atoms with Gasteiger partial charge in [-0.2, -0.15) is 0 Å². The van der Waals surface area contributed by atoms with Crippen LogP contribution in [0.1, 0.15) is 31.1 Å². The van der Waals surface area contributed by atoms with Crippen molar-refractivity contribution in [2.75, 3.05) is 5.32 Å². The van der Waals surface area contributed by atoms with E-state index in [-0.39, 0.29) is 5.97 Å². The topological polar surface area (TPSA) is 38.3 Å².